The van der Waals surface area contributed by atoms with Crippen LogP contribution in [0.1, 0.15) is 0 Å². The van der Waals surface area contributed by atoms with Gasteiger partial charge in [0.15, 0.2) is 0 Å². The van der Waals surface area contributed by atoms with E-state index in [1.165, 1.54) is 0 Å². The predicted octanol–water partition coefficient (Wildman–Crippen LogP) is -1.36. The molecule has 59 valence electrons. The lowest BCUT2D eigenvalue weighted by atomic mass is 10.8. The highest BCUT2D eigenvalue weighted by Gasteiger charge is 1.86. The van der Waals surface area contributed by atoms with Gasteiger partial charge in [0.05, 0.1) is 0 Å². The van der Waals surface area contributed by atoms with Crippen LogP contribution in [-0.2, 0) is 19.9 Å². The van der Waals surface area contributed by atoms with Gasteiger partial charge in [-0.15, -0.1) is 12.6 Å². The van der Waals surface area contributed by atoms with Crippen LogP contribution in [0.4, 0.5) is 0 Å². The van der Waals surface area contributed by atoms with Crippen molar-refractivity contribution in [3.63, 3.8) is 0 Å². The number of halogens is 1. The minimum absolute atomic E-state index is 0. The Kier molecular flexibility index (Phi) is 11.5. The minimum Gasteiger partial charge on any atom is -0.273 e. The Morgan fingerprint density at radius 1 is 1.20 bits per heavy atom. The Morgan fingerprint density at radius 3 is 1.20 bits per heavy atom. The Morgan fingerprint density at radius 2 is 1.20 bits per heavy atom. The molecule has 10 heteroatoms. The van der Waals surface area contributed by atoms with Crippen molar-refractivity contribution in [2.75, 3.05) is 0 Å². The molecule has 0 unspecified atom stereocenters. The third kappa shape index (κ3) is 28200. The highest BCUT2D eigenvalue weighted by molar-refractivity contribution is 8.09. The molecule has 0 aromatic rings. The zero-order chi connectivity index (χ0) is 8.08. The molecule has 0 aliphatic heterocycles. The van der Waals surface area contributed by atoms with Gasteiger partial charge < -0.3 is 0 Å². The van der Waals surface area contributed by atoms with E-state index >= 15 is 0 Å². The van der Waals surface area contributed by atoms with E-state index in [2.05, 4.69) is 10.7 Å². The summed E-state index contributed by atoms with van der Waals surface area (Å²) in [5, 5.41) is 0. The average Bonchev–Trinajstić information content (AvgIpc) is 1.19. The smallest absolute Gasteiger partial charge is 0.273 e. The molecule has 0 spiro atoms. The van der Waals surface area contributed by atoms with Crippen LogP contribution in [0.2, 0.25) is 0 Å². The summed E-state index contributed by atoms with van der Waals surface area (Å²) in [7, 11) is -3.25. The zero-order valence-electron chi connectivity index (χ0n) is 4.26. The molecule has 0 aliphatic carbocycles. The fraction of sp³-hybridized carbons (Fsp3) is 0. The first-order valence-corrected chi connectivity index (χ1v) is 4.44. The third-order valence-corrected chi connectivity index (χ3v) is 0. The number of rotatable bonds is 0. The van der Waals surface area contributed by atoms with Crippen LogP contribution in [0.15, 0.2) is 0 Å². The second kappa shape index (κ2) is 7.00. The molecule has 0 atom stereocenters. The summed E-state index contributed by atoms with van der Waals surface area (Å²) in [5.74, 6) is 0. The Balaban J connectivity index is -0.0000000910. The third-order valence-electron chi connectivity index (χ3n) is 0. The lowest BCUT2D eigenvalue weighted by Gasteiger charge is -1.65. The monoisotopic (exact) mass is 207 g/mol. The summed E-state index contributed by atoms with van der Waals surface area (Å²) in [6, 6.07) is 0. The summed E-state index contributed by atoms with van der Waals surface area (Å²) >= 11 is 0. The first kappa shape index (κ1) is 16.5. The van der Waals surface area contributed by atoms with Crippen molar-refractivity contribution in [1.82, 2.24) is 0 Å². The van der Waals surface area contributed by atoms with Crippen molar-refractivity contribution in [2.24, 2.45) is 0 Å². The van der Waals surface area contributed by atoms with Gasteiger partial charge in [0, 0.05) is 19.1 Å². The number of hydrogen-bond donors (Lipinski definition) is 1. The molecule has 0 aromatic carbocycles. The van der Waals surface area contributed by atoms with E-state index < -0.39 is 19.9 Å². The van der Waals surface area contributed by atoms with Crippen LogP contribution in [0.3, 0.4) is 0 Å². The molecule has 3 radical (unpaired) electrons. The van der Waals surface area contributed by atoms with Crippen molar-refractivity contribution < 1.29 is 25.6 Å². The summed E-state index contributed by atoms with van der Waals surface area (Å²) < 4.78 is 50.5. The molecule has 0 aliphatic rings. The van der Waals surface area contributed by atoms with E-state index in [0.29, 0.717) is 0 Å². The molecule has 0 rings (SSSR count). The van der Waals surface area contributed by atoms with E-state index in [1.54, 1.807) is 0 Å². The first-order chi connectivity index (χ1) is 3.73. The molecular weight excluding hydrogens is 206 g/mol. The fourth-order valence-corrected chi connectivity index (χ4v) is 0. The number of hydrogen-bond acceptors (Lipinski definition) is 5. The molecule has 0 bridgehead atoms. The van der Waals surface area contributed by atoms with Gasteiger partial charge >= 0.3 is 19.9 Å². The van der Waals surface area contributed by atoms with Crippen LogP contribution < -0.4 is 0 Å². The van der Waals surface area contributed by atoms with Gasteiger partial charge in [-0.25, -0.2) is 0 Å². The quantitative estimate of drug-likeness (QED) is 0.299. The summed E-state index contributed by atoms with van der Waals surface area (Å²) in [6.07, 6.45) is 0. The van der Waals surface area contributed by atoms with Crippen molar-refractivity contribution in [1.29, 1.82) is 0 Å². The molecule has 0 saturated heterocycles. The molecule has 1 N–H and O–H groups in total. The van der Waals surface area contributed by atoms with Crippen LogP contribution >= 0.6 is 10.7 Å². The molecule has 0 fully saturated rings. The normalized spacial score (nSPS) is 8.20. The second-order valence-corrected chi connectivity index (χ2v) is 3.02. The highest BCUT2D eigenvalue weighted by atomic mass is 35.7. The first-order valence-electron chi connectivity index (χ1n) is 1.17. The van der Waals surface area contributed by atoms with Crippen LogP contribution in [0.5, 0.6) is 0 Å². The van der Waals surface area contributed by atoms with Gasteiger partial charge in [-0.2, -0.15) is 8.42 Å². The van der Waals surface area contributed by atoms with Crippen LogP contribution in [-0.4, -0.2) is 34.0 Å². The molecular formula is HBClO6S2. The van der Waals surface area contributed by atoms with Gasteiger partial charge in [-0.3, -0.25) is 4.55 Å². The summed E-state index contributed by atoms with van der Waals surface area (Å²) in [6.45, 7) is 0. The lowest BCUT2D eigenvalue weighted by Crippen LogP contribution is -1.77. The van der Waals surface area contributed by atoms with Gasteiger partial charge in [-0.1, -0.05) is 0 Å². The van der Waals surface area contributed by atoms with Gasteiger partial charge in [0.2, 0.25) is 0 Å². The Bertz CT molecular complexity index is 228. The lowest BCUT2D eigenvalue weighted by molar-refractivity contribution is 0.501. The minimum atomic E-state index is -4.19. The van der Waals surface area contributed by atoms with E-state index in [0.717, 1.165) is 0 Å². The topological polar surface area (TPSA) is 106 Å². The summed E-state index contributed by atoms with van der Waals surface area (Å²) in [4.78, 5) is 0. The van der Waals surface area contributed by atoms with Gasteiger partial charge in [-0.05, 0) is 0 Å². The van der Waals surface area contributed by atoms with Crippen molar-refractivity contribution in [3.8, 4) is 0 Å². The van der Waals surface area contributed by atoms with E-state index in [1.807, 2.05) is 0 Å². The van der Waals surface area contributed by atoms with Gasteiger partial charge in [0.1, 0.15) is 0 Å². The predicted molar refractivity (Wildman–Crippen MR) is 32.9 cm³/mol. The largest absolute Gasteiger partial charge is 0.425 e. The molecule has 0 heterocycles. The van der Waals surface area contributed by atoms with E-state index in [-0.39, 0.29) is 8.41 Å². The average molecular weight is 207 g/mol. The Hall–Kier alpha value is -0.115. The maximum Gasteiger partial charge on any atom is 0.425 e. The van der Waals surface area contributed by atoms with Crippen molar-refractivity contribution in [2.45, 2.75) is 0 Å². The van der Waals surface area contributed by atoms with E-state index in [9.17, 15) is 0 Å². The maximum atomic E-state index is 8.95. The highest BCUT2D eigenvalue weighted by Crippen LogP contribution is 1.82. The molecule has 0 aromatic heterocycles. The Labute approximate surface area is 65.1 Å². The SMILES string of the molecule is O=S(=O)(O)Cl.O=S(=O)=O.[B]. The zero-order valence-corrected chi connectivity index (χ0v) is 6.65. The van der Waals surface area contributed by atoms with Crippen LogP contribution in [0, 0.1) is 0 Å². The molecule has 10 heavy (non-hydrogen) atoms. The second-order valence-electron chi connectivity index (χ2n) is 0.616. The van der Waals surface area contributed by atoms with Crippen molar-refractivity contribution >= 4 is 39.0 Å². The van der Waals surface area contributed by atoms with Crippen molar-refractivity contribution in [3.05, 3.63) is 0 Å². The maximum absolute atomic E-state index is 8.95. The van der Waals surface area contributed by atoms with Crippen LogP contribution in [0.25, 0.3) is 0 Å². The molecule has 0 amide bonds. The summed E-state index contributed by atoms with van der Waals surface area (Å²) in [5.41, 5.74) is 0. The molecule has 0 saturated carbocycles. The van der Waals surface area contributed by atoms with E-state index in [4.69, 9.17) is 25.6 Å². The fourth-order valence-electron chi connectivity index (χ4n) is 0. The van der Waals surface area contributed by atoms with Gasteiger partial charge in [0.25, 0.3) is 0 Å². The standard InChI is InChI=1S/B.ClHO3S.O3S/c;1-5(2,3)4;1-4(2)3/h;(H,2,3,4);. The molecule has 6 nitrogen and oxygen atoms in total.